The molecule has 0 fully saturated rings. The fraction of sp³-hybridized carbons (Fsp3) is 0.667. The number of nitrogens with zero attached hydrogens (tertiary/aromatic N) is 3. The number of aryl methyl sites for hydroxylation is 1. The van der Waals surface area contributed by atoms with E-state index in [1.165, 1.54) is 0 Å². The molecule has 22 heavy (non-hydrogen) atoms. The van der Waals surface area contributed by atoms with Crippen LogP contribution in [0.15, 0.2) is 4.47 Å². The summed E-state index contributed by atoms with van der Waals surface area (Å²) in [5.41, 5.74) is 0.148. The molecule has 1 heterocycles. The third kappa shape index (κ3) is 5.02. The molecule has 0 atom stereocenters. The van der Waals surface area contributed by atoms with Crippen molar-refractivity contribution >= 4 is 22.0 Å². The van der Waals surface area contributed by atoms with Gasteiger partial charge in [-0.25, -0.2) is 4.79 Å². The van der Waals surface area contributed by atoms with Crippen molar-refractivity contribution in [3.8, 4) is 6.07 Å². The van der Waals surface area contributed by atoms with Crippen LogP contribution in [0, 0.1) is 11.3 Å². The highest BCUT2D eigenvalue weighted by molar-refractivity contribution is 9.10. The van der Waals surface area contributed by atoms with Gasteiger partial charge in [0.2, 0.25) is 0 Å². The topological polar surface area (TPSA) is 79.9 Å². The van der Waals surface area contributed by atoms with Crippen molar-refractivity contribution in [1.29, 1.82) is 5.26 Å². The highest BCUT2D eigenvalue weighted by Crippen LogP contribution is 2.25. The number of carbonyl (C=O) groups excluding carboxylic acids is 1. The normalized spacial score (nSPS) is 11.9. The maximum atomic E-state index is 11.9. The highest BCUT2D eigenvalue weighted by atomic mass is 79.9. The van der Waals surface area contributed by atoms with Crippen molar-refractivity contribution in [2.24, 2.45) is 0 Å². The fourth-order valence-corrected chi connectivity index (χ4v) is 2.53. The molecular formula is C15H23BrN4O2. The number of amides is 1. The van der Waals surface area contributed by atoms with Crippen molar-refractivity contribution in [2.45, 2.75) is 65.6 Å². The highest BCUT2D eigenvalue weighted by Gasteiger charge is 2.28. The number of nitriles is 1. The third-order valence-corrected chi connectivity index (χ3v) is 3.68. The van der Waals surface area contributed by atoms with Gasteiger partial charge in [0, 0.05) is 18.5 Å². The molecule has 1 aromatic heterocycles. The van der Waals surface area contributed by atoms with Crippen LogP contribution in [0.3, 0.4) is 0 Å². The van der Waals surface area contributed by atoms with Gasteiger partial charge < -0.3 is 10.1 Å². The molecule has 0 saturated carbocycles. The SMILES string of the molecule is CCn1nc(C#N)c(Br)c1CC(C)(C)NC(=O)OC(C)(C)C. The first-order chi connectivity index (χ1) is 9.99. The molecule has 0 unspecified atom stereocenters. The molecule has 0 aliphatic heterocycles. The summed E-state index contributed by atoms with van der Waals surface area (Å²) >= 11 is 3.42. The zero-order valence-electron chi connectivity index (χ0n) is 14.0. The number of hydrogen-bond acceptors (Lipinski definition) is 4. The number of aromatic nitrogens is 2. The molecule has 0 radical (unpaired) electrons. The van der Waals surface area contributed by atoms with Crippen LogP contribution in [0.2, 0.25) is 0 Å². The summed E-state index contributed by atoms with van der Waals surface area (Å²) in [6, 6.07) is 2.06. The Morgan fingerprint density at radius 1 is 1.41 bits per heavy atom. The molecule has 1 N–H and O–H groups in total. The summed E-state index contributed by atoms with van der Waals surface area (Å²) < 4.78 is 7.73. The van der Waals surface area contributed by atoms with Crippen LogP contribution < -0.4 is 5.32 Å². The number of nitrogens with one attached hydrogen (secondary N) is 1. The quantitative estimate of drug-likeness (QED) is 0.880. The molecule has 0 aliphatic rings. The molecule has 0 saturated heterocycles. The zero-order chi connectivity index (χ0) is 17.1. The monoisotopic (exact) mass is 370 g/mol. The summed E-state index contributed by atoms with van der Waals surface area (Å²) in [5.74, 6) is 0. The van der Waals surface area contributed by atoms with Crippen LogP contribution in [0.25, 0.3) is 0 Å². The Kier molecular flexibility index (Phi) is 5.63. The minimum atomic E-state index is -0.542. The van der Waals surface area contributed by atoms with Gasteiger partial charge in [-0.2, -0.15) is 10.4 Å². The molecule has 0 spiro atoms. The number of halogens is 1. The van der Waals surface area contributed by atoms with Gasteiger partial charge in [0.25, 0.3) is 0 Å². The van der Waals surface area contributed by atoms with Gasteiger partial charge >= 0.3 is 6.09 Å². The van der Waals surface area contributed by atoms with E-state index in [2.05, 4.69) is 32.4 Å². The molecule has 6 nitrogen and oxygen atoms in total. The smallest absolute Gasteiger partial charge is 0.408 e. The summed E-state index contributed by atoms with van der Waals surface area (Å²) in [4.78, 5) is 11.9. The largest absolute Gasteiger partial charge is 0.444 e. The van der Waals surface area contributed by atoms with E-state index in [1.54, 1.807) is 4.68 Å². The first-order valence-electron chi connectivity index (χ1n) is 7.15. The van der Waals surface area contributed by atoms with Crippen LogP contribution in [0.5, 0.6) is 0 Å². The lowest BCUT2D eigenvalue weighted by molar-refractivity contribution is 0.0471. The Morgan fingerprint density at radius 2 is 2.00 bits per heavy atom. The van der Waals surface area contributed by atoms with E-state index >= 15 is 0 Å². The van der Waals surface area contributed by atoms with Gasteiger partial charge in [-0.3, -0.25) is 4.68 Å². The first-order valence-corrected chi connectivity index (χ1v) is 7.95. The minimum absolute atomic E-state index is 0.352. The lowest BCUT2D eigenvalue weighted by Crippen LogP contribution is -2.47. The van der Waals surface area contributed by atoms with E-state index in [4.69, 9.17) is 10.00 Å². The van der Waals surface area contributed by atoms with Crippen LogP contribution in [0.4, 0.5) is 4.79 Å². The second kappa shape index (κ2) is 6.69. The Hall–Kier alpha value is -1.55. The van der Waals surface area contributed by atoms with Crippen LogP contribution >= 0.6 is 15.9 Å². The molecule has 1 amide bonds. The van der Waals surface area contributed by atoms with Gasteiger partial charge in [-0.05, 0) is 57.5 Å². The van der Waals surface area contributed by atoms with Gasteiger partial charge in [-0.1, -0.05) is 0 Å². The average Bonchev–Trinajstić information content (AvgIpc) is 2.62. The zero-order valence-corrected chi connectivity index (χ0v) is 15.5. The standard InChI is InChI=1S/C15H23BrN4O2/c1-7-20-11(12(16)10(9-17)19-20)8-15(5,6)18-13(21)22-14(2,3)4/h7-8H2,1-6H3,(H,18,21). The fourth-order valence-electron chi connectivity index (χ4n) is 2.02. The summed E-state index contributed by atoms with van der Waals surface area (Å²) in [7, 11) is 0. The molecule has 0 aromatic carbocycles. The van der Waals surface area contributed by atoms with E-state index in [1.807, 2.05) is 41.5 Å². The van der Waals surface area contributed by atoms with Gasteiger partial charge in [0.05, 0.1) is 10.2 Å². The lowest BCUT2D eigenvalue weighted by Gasteiger charge is -2.29. The third-order valence-electron chi connectivity index (χ3n) is 2.85. The van der Waals surface area contributed by atoms with Gasteiger partial charge in [0.1, 0.15) is 11.7 Å². The van der Waals surface area contributed by atoms with Crippen LogP contribution in [-0.4, -0.2) is 27.0 Å². The Bertz CT molecular complexity index is 594. The number of hydrogen-bond donors (Lipinski definition) is 1. The van der Waals surface area contributed by atoms with Crippen molar-refractivity contribution in [3.63, 3.8) is 0 Å². The second-order valence-electron chi connectivity index (χ2n) is 6.72. The van der Waals surface area contributed by atoms with Gasteiger partial charge in [-0.15, -0.1) is 0 Å². The van der Waals surface area contributed by atoms with Crippen LogP contribution in [-0.2, 0) is 17.7 Å². The maximum Gasteiger partial charge on any atom is 0.408 e. The number of rotatable bonds is 4. The number of carbonyl (C=O) groups is 1. The molecule has 0 bridgehead atoms. The molecule has 0 aliphatic carbocycles. The second-order valence-corrected chi connectivity index (χ2v) is 7.52. The molecule has 1 aromatic rings. The number of ether oxygens (including phenoxy) is 1. The first kappa shape index (κ1) is 18.5. The molecule has 7 heteroatoms. The van der Waals surface area contributed by atoms with E-state index < -0.39 is 17.2 Å². The summed E-state index contributed by atoms with van der Waals surface area (Å²) in [6.45, 7) is 11.9. The van der Waals surface area contributed by atoms with Crippen molar-refractivity contribution < 1.29 is 9.53 Å². The van der Waals surface area contributed by atoms with Crippen LogP contribution in [0.1, 0.15) is 52.9 Å². The Labute approximate surface area is 140 Å². The maximum absolute atomic E-state index is 11.9. The van der Waals surface area contributed by atoms with E-state index in [9.17, 15) is 4.79 Å². The van der Waals surface area contributed by atoms with Crippen molar-refractivity contribution in [3.05, 3.63) is 15.9 Å². The average molecular weight is 371 g/mol. The Balaban J connectivity index is 2.91. The van der Waals surface area contributed by atoms with E-state index in [0.717, 1.165) is 5.69 Å². The molecular weight excluding hydrogens is 348 g/mol. The summed E-state index contributed by atoms with van der Waals surface area (Å²) in [6.07, 6.45) is 0.0618. The minimum Gasteiger partial charge on any atom is -0.444 e. The van der Waals surface area contributed by atoms with Crippen molar-refractivity contribution in [2.75, 3.05) is 0 Å². The molecule has 122 valence electrons. The number of alkyl carbamates (subject to hydrolysis) is 1. The molecule has 1 rings (SSSR count). The van der Waals surface area contributed by atoms with E-state index in [-0.39, 0.29) is 0 Å². The predicted octanol–water partition coefficient (Wildman–Crippen LogP) is 3.38. The predicted molar refractivity (Wildman–Crippen MR) is 87.5 cm³/mol. The lowest BCUT2D eigenvalue weighted by atomic mass is 9.98. The van der Waals surface area contributed by atoms with E-state index in [0.29, 0.717) is 23.1 Å². The Morgan fingerprint density at radius 3 is 2.45 bits per heavy atom. The van der Waals surface area contributed by atoms with Crippen molar-refractivity contribution in [1.82, 2.24) is 15.1 Å². The van der Waals surface area contributed by atoms with Gasteiger partial charge in [0.15, 0.2) is 5.69 Å². The summed E-state index contributed by atoms with van der Waals surface area (Å²) in [5, 5.41) is 16.2.